The Morgan fingerprint density at radius 1 is 0.372 bits per heavy atom. The minimum atomic E-state index is 0.631. The third-order valence-electron chi connectivity index (χ3n) is 7.57. The molecule has 6 aromatic carbocycles. The van der Waals surface area contributed by atoms with Gasteiger partial charge in [0.1, 0.15) is 5.52 Å². The van der Waals surface area contributed by atoms with Crippen LogP contribution in [0.15, 0.2) is 150 Å². The van der Waals surface area contributed by atoms with Crippen LogP contribution in [-0.2, 0) is 0 Å². The highest BCUT2D eigenvalue weighted by atomic mass is 16.3. The maximum absolute atomic E-state index is 6.08. The van der Waals surface area contributed by atoms with Crippen molar-refractivity contribution in [2.75, 3.05) is 0 Å². The molecule has 8 aromatic rings. The summed E-state index contributed by atoms with van der Waals surface area (Å²) in [6.45, 7) is 0. The number of nitrogens with zero attached hydrogens (tertiary/aromatic N) is 4. The number of benzene rings is 6. The van der Waals surface area contributed by atoms with E-state index in [0.29, 0.717) is 23.4 Å². The Bertz CT molecular complexity index is 2150. The molecule has 0 radical (unpaired) electrons. The van der Waals surface area contributed by atoms with Gasteiger partial charge in [-0.05, 0) is 40.8 Å². The minimum absolute atomic E-state index is 0.631. The van der Waals surface area contributed by atoms with Gasteiger partial charge in [-0.2, -0.15) is 0 Å². The number of aromatic nitrogens is 4. The molecule has 0 N–H and O–H groups in total. The monoisotopic (exact) mass is 552 g/mol. The van der Waals surface area contributed by atoms with Crippen molar-refractivity contribution in [3.8, 4) is 56.7 Å². The van der Waals surface area contributed by atoms with Crippen LogP contribution < -0.4 is 0 Å². The first-order valence-electron chi connectivity index (χ1n) is 14.1. The van der Waals surface area contributed by atoms with Gasteiger partial charge in [0.2, 0.25) is 5.89 Å². The van der Waals surface area contributed by atoms with Crippen molar-refractivity contribution in [3.05, 3.63) is 146 Å². The van der Waals surface area contributed by atoms with E-state index in [1.807, 2.05) is 97.1 Å². The quantitative estimate of drug-likeness (QED) is 0.213. The van der Waals surface area contributed by atoms with Crippen LogP contribution in [-0.4, -0.2) is 19.9 Å². The molecule has 0 aliphatic heterocycles. The fourth-order valence-corrected chi connectivity index (χ4v) is 5.35. The summed E-state index contributed by atoms with van der Waals surface area (Å²) in [5.74, 6) is 2.57. The van der Waals surface area contributed by atoms with Crippen LogP contribution in [0.2, 0.25) is 0 Å². The van der Waals surface area contributed by atoms with Gasteiger partial charge in [0, 0.05) is 27.6 Å². The first-order chi connectivity index (χ1) is 21.3. The summed E-state index contributed by atoms with van der Waals surface area (Å²) < 4.78 is 6.08. The average Bonchev–Trinajstić information content (AvgIpc) is 3.54. The molecule has 0 aliphatic rings. The predicted molar refractivity (Wildman–Crippen MR) is 172 cm³/mol. The standard InChI is InChI=1S/C38H24N4O/c1-4-10-26(11-5-1)35-40-36(27-12-6-2-7-13-27)42-37(41-35)28-18-16-25(17-19-28)30-20-22-32-31(24-30)21-23-33-34(32)39-38(43-33)29-14-8-3-9-15-29/h1-24H. The molecule has 5 heteroatoms. The first kappa shape index (κ1) is 24.8. The molecule has 2 aromatic heterocycles. The SMILES string of the molecule is c1ccc(-c2nc(-c3ccccc3)nc(-c3ccc(-c4ccc5c(ccc6oc(-c7ccccc7)nc65)c4)cc3)n2)cc1. The Morgan fingerprint density at radius 2 is 0.860 bits per heavy atom. The summed E-state index contributed by atoms with van der Waals surface area (Å²) in [6.07, 6.45) is 0. The van der Waals surface area contributed by atoms with E-state index < -0.39 is 0 Å². The summed E-state index contributed by atoms with van der Waals surface area (Å²) >= 11 is 0. The van der Waals surface area contributed by atoms with Crippen molar-refractivity contribution in [1.29, 1.82) is 0 Å². The highest BCUT2D eigenvalue weighted by Crippen LogP contribution is 2.33. The Morgan fingerprint density at radius 3 is 1.44 bits per heavy atom. The number of hydrogen-bond acceptors (Lipinski definition) is 5. The molecule has 0 fully saturated rings. The highest BCUT2D eigenvalue weighted by molar-refractivity contribution is 6.05. The number of rotatable bonds is 5. The molecular weight excluding hydrogens is 528 g/mol. The van der Waals surface area contributed by atoms with Crippen LogP contribution in [0.3, 0.4) is 0 Å². The minimum Gasteiger partial charge on any atom is -0.436 e. The largest absolute Gasteiger partial charge is 0.436 e. The van der Waals surface area contributed by atoms with Gasteiger partial charge in [-0.15, -0.1) is 0 Å². The van der Waals surface area contributed by atoms with E-state index in [2.05, 4.69) is 48.5 Å². The van der Waals surface area contributed by atoms with Crippen LogP contribution in [0.4, 0.5) is 0 Å². The second kappa shape index (κ2) is 10.5. The normalized spacial score (nSPS) is 11.3. The van der Waals surface area contributed by atoms with E-state index in [4.69, 9.17) is 24.4 Å². The molecule has 43 heavy (non-hydrogen) atoms. The van der Waals surface area contributed by atoms with Crippen molar-refractivity contribution in [2.24, 2.45) is 0 Å². The van der Waals surface area contributed by atoms with Crippen molar-refractivity contribution >= 4 is 21.9 Å². The topological polar surface area (TPSA) is 64.7 Å². The zero-order chi connectivity index (χ0) is 28.6. The van der Waals surface area contributed by atoms with Gasteiger partial charge in [-0.25, -0.2) is 19.9 Å². The van der Waals surface area contributed by atoms with Crippen LogP contribution >= 0.6 is 0 Å². The van der Waals surface area contributed by atoms with E-state index in [1.54, 1.807) is 0 Å². The lowest BCUT2D eigenvalue weighted by atomic mass is 9.99. The zero-order valence-corrected chi connectivity index (χ0v) is 23.1. The Kier molecular flexibility index (Phi) is 6.05. The summed E-state index contributed by atoms with van der Waals surface area (Å²) in [5.41, 5.74) is 7.68. The van der Waals surface area contributed by atoms with Crippen LogP contribution in [0.25, 0.3) is 78.6 Å². The second-order valence-corrected chi connectivity index (χ2v) is 10.3. The molecule has 8 rings (SSSR count). The van der Waals surface area contributed by atoms with Gasteiger partial charge >= 0.3 is 0 Å². The molecule has 0 atom stereocenters. The van der Waals surface area contributed by atoms with Gasteiger partial charge in [0.25, 0.3) is 0 Å². The molecular formula is C38H24N4O. The first-order valence-corrected chi connectivity index (χ1v) is 14.1. The molecule has 2 heterocycles. The fourth-order valence-electron chi connectivity index (χ4n) is 5.35. The molecule has 0 amide bonds. The summed E-state index contributed by atoms with van der Waals surface area (Å²) in [5, 5.41) is 2.18. The van der Waals surface area contributed by atoms with Crippen molar-refractivity contribution in [1.82, 2.24) is 19.9 Å². The molecule has 0 saturated carbocycles. The lowest BCUT2D eigenvalue weighted by molar-refractivity contribution is 0.620. The Hall–Kier alpha value is -5.94. The highest BCUT2D eigenvalue weighted by Gasteiger charge is 2.14. The number of fused-ring (bicyclic) bond motifs is 3. The molecule has 202 valence electrons. The van der Waals surface area contributed by atoms with E-state index in [1.165, 1.54) is 0 Å². The second-order valence-electron chi connectivity index (χ2n) is 10.3. The van der Waals surface area contributed by atoms with Gasteiger partial charge in [-0.3, -0.25) is 0 Å². The number of oxazole rings is 1. The summed E-state index contributed by atoms with van der Waals surface area (Å²) in [6, 6.07) is 49.0. The van der Waals surface area contributed by atoms with E-state index in [0.717, 1.165) is 55.3 Å². The molecule has 5 nitrogen and oxygen atoms in total. The lowest BCUT2D eigenvalue weighted by Crippen LogP contribution is -2.00. The fraction of sp³-hybridized carbons (Fsp3) is 0. The molecule has 0 bridgehead atoms. The van der Waals surface area contributed by atoms with Gasteiger partial charge < -0.3 is 4.42 Å². The van der Waals surface area contributed by atoms with Crippen molar-refractivity contribution < 1.29 is 4.42 Å². The predicted octanol–water partition coefficient (Wildman–Crippen LogP) is 9.50. The van der Waals surface area contributed by atoms with Crippen LogP contribution in [0.5, 0.6) is 0 Å². The average molecular weight is 553 g/mol. The Balaban J connectivity index is 1.15. The van der Waals surface area contributed by atoms with Crippen LogP contribution in [0, 0.1) is 0 Å². The lowest BCUT2D eigenvalue weighted by Gasteiger charge is -2.09. The van der Waals surface area contributed by atoms with Gasteiger partial charge in [-0.1, -0.05) is 121 Å². The van der Waals surface area contributed by atoms with Crippen LogP contribution in [0.1, 0.15) is 0 Å². The molecule has 0 unspecified atom stereocenters. The maximum atomic E-state index is 6.08. The maximum Gasteiger partial charge on any atom is 0.227 e. The zero-order valence-electron chi connectivity index (χ0n) is 23.1. The molecule has 0 aliphatic carbocycles. The Labute approximate surface area is 248 Å². The third kappa shape index (κ3) is 4.73. The summed E-state index contributed by atoms with van der Waals surface area (Å²) in [4.78, 5) is 19.3. The molecule has 0 saturated heterocycles. The smallest absolute Gasteiger partial charge is 0.227 e. The molecule has 0 spiro atoms. The van der Waals surface area contributed by atoms with Crippen molar-refractivity contribution in [3.63, 3.8) is 0 Å². The van der Waals surface area contributed by atoms with E-state index in [9.17, 15) is 0 Å². The number of hydrogen-bond donors (Lipinski definition) is 0. The third-order valence-corrected chi connectivity index (χ3v) is 7.57. The van der Waals surface area contributed by atoms with E-state index >= 15 is 0 Å². The van der Waals surface area contributed by atoms with Gasteiger partial charge in [0.15, 0.2) is 23.1 Å². The van der Waals surface area contributed by atoms with E-state index in [-0.39, 0.29) is 0 Å². The van der Waals surface area contributed by atoms with Crippen molar-refractivity contribution in [2.45, 2.75) is 0 Å². The van der Waals surface area contributed by atoms with Gasteiger partial charge in [0.05, 0.1) is 0 Å². The summed E-state index contributed by atoms with van der Waals surface area (Å²) in [7, 11) is 0.